The number of hydrogen-bond donors (Lipinski definition) is 2. The van der Waals surface area contributed by atoms with Gasteiger partial charge in [-0.15, -0.1) is 0 Å². The lowest BCUT2D eigenvalue weighted by Gasteiger charge is -2.24. The molecule has 0 aliphatic heterocycles. The molecular formula is C16H21N3O. The van der Waals surface area contributed by atoms with E-state index < -0.39 is 0 Å². The molecule has 2 rings (SSSR count). The van der Waals surface area contributed by atoms with E-state index in [1.165, 1.54) is 0 Å². The number of pyridine rings is 1. The lowest BCUT2D eigenvalue weighted by Crippen LogP contribution is -2.47. The summed E-state index contributed by atoms with van der Waals surface area (Å²) in [5.41, 5.74) is -0.237. The number of carbonyl (C=O) groups excluding carboxylic acids is 1. The summed E-state index contributed by atoms with van der Waals surface area (Å²) in [6, 6.07) is 9.60. The number of aromatic nitrogens is 1. The Hall–Kier alpha value is -2.10. The molecule has 0 spiro atoms. The number of benzene rings is 1. The van der Waals surface area contributed by atoms with E-state index in [1.54, 1.807) is 6.20 Å². The molecule has 0 aliphatic carbocycles. The predicted molar refractivity (Wildman–Crippen MR) is 82.7 cm³/mol. The van der Waals surface area contributed by atoms with E-state index >= 15 is 0 Å². The molecule has 0 fully saturated rings. The molecule has 4 heteroatoms. The van der Waals surface area contributed by atoms with E-state index in [0.717, 1.165) is 16.6 Å². The Morgan fingerprint density at radius 3 is 2.60 bits per heavy atom. The zero-order valence-corrected chi connectivity index (χ0v) is 12.4. The summed E-state index contributed by atoms with van der Waals surface area (Å²) in [6.45, 7) is 7.74. The fourth-order valence-electron chi connectivity index (χ4n) is 1.98. The van der Waals surface area contributed by atoms with Crippen molar-refractivity contribution in [2.24, 2.45) is 0 Å². The van der Waals surface area contributed by atoms with Crippen LogP contribution in [-0.2, 0) is 4.79 Å². The number of amides is 1. The molecule has 1 heterocycles. The third-order valence-corrected chi connectivity index (χ3v) is 2.92. The van der Waals surface area contributed by atoms with Crippen LogP contribution in [0.4, 0.5) is 5.82 Å². The topological polar surface area (TPSA) is 54.0 Å². The molecule has 2 aromatic rings. The van der Waals surface area contributed by atoms with E-state index in [0.29, 0.717) is 0 Å². The molecule has 2 N–H and O–H groups in total. The zero-order chi connectivity index (χ0) is 14.8. The van der Waals surface area contributed by atoms with Gasteiger partial charge in [0.1, 0.15) is 11.9 Å². The third kappa shape index (κ3) is 3.47. The highest BCUT2D eigenvalue weighted by Crippen LogP contribution is 2.21. The maximum Gasteiger partial charge on any atom is 0.242 e. The fraction of sp³-hybridized carbons (Fsp3) is 0.375. The number of nitrogens with zero attached hydrogens (tertiary/aromatic N) is 1. The van der Waals surface area contributed by atoms with Crippen molar-refractivity contribution in [1.29, 1.82) is 0 Å². The van der Waals surface area contributed by atoms with Crippen LogP contribution in [0.25, 0.3) is 10.8 Å². The summed E-state index contributed by atoms with van der Waals surface area (Å²) in [4.78, 5) is 16.4. The van der Waals surface area contributed by atoms with E-state index in [4.69, 9.17) is 0 Å². The van der Waals surface area contributed by atoms with Crippen LogP contribution in [-0.4, -0.2) is 22.5 Å². The Kier molecular flexibility index (Phi) is 3.93. The van der Waals surface area contributed by atoms with Crippen molar-refractivity contribution in [3.05, 3.63) is 36.5 Å². The van der Waals surface area contributed by atoms with Gasteiger partial charge in [-0.2, -0.15) is 0 Å². The largest absolute Gasteiger partial charge is 0.358 e. The average Bonchev–Trinajstić information content (AvgIpc) is 2.37. The normalized spacial score (nSPS) is 13.0. The number of anilines is 1. The van der Waals surface area contributed by atoms with Crippen molar-refractivity contribution in [2.45, 2.75) is 39.3 Å². The zero-order valence-electron chi connectivity index (χ0n) is 12.4. The van der Waals surface area contributed by atoms with Gasteiger partial charge in [-0.1, -0.05) is 24.3 Å². The van der Waals surface area contributed by atoms with Crippen LogP contribution in [0.2, 0.25) is 0 Å². The van der Waals surface area contributed by atoms with E-state index in [1.807, 2.05) is 58.0 Å². The number of fused-ring (bicyclic) bond motifs is 1. The summed E-state index contributed by atoms with van der Waals surface area (Å²) in [7, 11) is 0. The second-order valence-electron chi connectivity index (χ2n) is 5.99. The van der Waals surface area contributed by atoms with Crippen molar-refractivity contribution in [3.8, 4) is 0 Å². The molecule has 106 valence electrons. The van der Waals surface area contributed by atoms with Gasteiger partial charge in [-0.25, -0.2) is 4.98 Å². The lowest BCUT2D eigenvalue weighted by atomic mass is 10.1. The standard InChI is InChI=1S/C16H21N3O/c1-11(15(20)19-16(2,3)4)18-14-13-8-6-5-7-12(13)9-10-17-14/h5-11H,1-4H3,(H,17,18)(H,19,20). The minimum atomic E-state index is -0.340. The molecule has 1 aromatic carbocycles. The molecule has 1 atom stereocenters. The van der Waals surface area contributed by atoms with Crippen LogP contribution >= 0.6 is 0 Å². The van der Waals surface area contributed by atoms with Gasteiger partial charge in [0.25, 0.3) is 0 Å². The molecule has 0 aliphatic rings. The van der Waals surface area contributed by atoms with Crippen LogP contribution in [0.3, 0.4) is 0 Å². The highest BCUT2D eigenvalue weighted by atomic mass is 16.2. The second-order valence-corrected chi connectivity index (χ2v) is 5.99. The highest BCUT2D eigenvalue weighted by Gasteiger charge is 2.19. The molecule has 1 unspecified atom stereocenters. The van der Waals surface area contributed by atoms with Crippen LogP contribution in [0.1, 0.15) is 27.7 Å². The quantitative estimate of drug-likeness (QED) is 0.902. The number of carbonyl (C=O) groups is 1. The third-order valence-electron chi connectivity index (χ3n) is 2.92. The van der Waals surface area contributed by atoms with Crippen LogP contribution < -0.4 is 10.6 Å². The monoisotopic (exact) mass is 271 g/mol. The van der Waals surface area contributed by atoms with Crippen molar-refractivity contribution in [2.75, 3.05) is 5.32 Å². The van der Waals surface area contributed by atoms with Gasteiger partial charge in [0.05, 0.1) is 0 Å². The maximum absolute atomic E-state index is 12.1. The SMILES string of the molecule is CC(Nc1nccc2ccccc12)C(=O)NC(C)(C)C. The van der Waals surface area contributed by atoms with E-state index in [9.17, 15) is 4.79 Å². The minimum absolute atomic E-state index is 0.0350. The van der Waals surface area contributed by atoms with Gasteiger partial charge < -0.3 is 10.6 Å². The Labute approximate surface area is 119 Å². The van der Waals surface area contributed by atoms with Gasteiger partial charge >= 0.3 is 0 Å². The van der Waals surface area contributed by atoms with Gasteiger partial charge in [0, 0.05) is 17.1 Å². The number of hydrogen-bond acceptors (Lipinski definition) is 3. The number of rotatable bonds is 3. The second kappa shape index (κ2) is 5.49. The summed E-state index contributed by atoms with van der Waals surface area (Å²) in [6.07, 6.45) is 1.75. The van der Waals surface area contributed by atoms with Crippen LogP contribution in [0.15, 0.2) is 36.5 Å². The van der Waals surface area contributed by atoms with Crippen LogP contribution in [0, 0.1) is 0 Å². The van der Waals surface area contributed by atoms with Crippen LogP contribution in [0.5, 0.6) is 0 Å². The van der Waals surface area contributed by atoms with Crippen molar-refractivity contribution < 1.29 is 4.79 Å². The van der Waals surface area contributed by atoms with E-state index in [2.05, 4.69) is 15.6 Å². The molecule has 1 amide bonds. The first kappa shape index (κ1) is 14.3. The Morgan fingerprint density at radius 1 is 1.20 bits per heavy atom. The fourth-order valence-corrected chi connectivity index (χ4v) is 1.98. The van der Waals surface area contributed by atoms with Crippen molar-refractivity contribution in [3.63, 3.8) is 0 Å². The molecule has 4 nitrogen and oxygen atoms in total. The molecule has 0 bridgehead atoms. The smallest absolute Gasteiger partial charge is 0.242 e. The minimum Gasteiger partial charge on any atom is -0.358 e. The molecule has 0 radical (unpaired) electrons. The summed E-state index contributed by atoms with van der Waals surface area (Å²) < 4.78 is 0. The molecule has 0 saturated carbocycles. The first-order valence-electron chi connectivity index (χ1n) is 6.79. The van der Waals surface area contributed by atoms with Crippen molar-refractivity contribution in [1.82, 2.24) is 10.3 Å². The summed E-state index contributed by atoms with van der Waals surface area (Å²) >= 11 is 0. The van der Waals surface area contributed by atoms with Crippen molar-refractivity contribution >= 4 is 22.5 Å². The van der Waals surface area contributed by atoms with E-state index in [-0.39, 0.29) is 17.5 Å². The molecule has 1 aromatic heterocycles. The maximum atomic E-state index is 12.1. The van der Waals surface area contributed by atoms with Gasteiger partial charge in [0.2, 0.25) is 5.91 Å². The average molecular weight is 271 g/mol. The summed E-state index contributed by atoms with van der Waals surface area (Å²) in [5.74, 6) is 0.701. The first-order chi connectivity index (χ1) is 9.37. The molecular weight excluding hydrogens is 250 g/mol. The molecule has 20 heavy (non-hydrogen) atoms. The lowest BCUT2D eigenvalue weighted by molar-refractivity contribution is -0.122. The number of nitrogens with one attached hydrogen (secondary N) is 2. The molecule has 0 saturated heterocycles. The van der Waals surface area contributed by atoms with Gasteiger partial charge in [0.15, 0.2) is 0 Å². The Bertz CT molecular complexity index is 611. The van der Waals surface area contributed by atoms with Gasteiger partial charge in [-0.3, -0.25) is 4.79 Å². The Balaban J connectivity index is 2.18. The predicted octanol–water partition coefficient (Wildman–Crippen LogP) is 2.95. The first-order valence-corrected chi connectivity index (χ1v) is 6.79. The van der Waals surface area contributed by atoms with Gasteiger partial charge in [-0.05, 0) is 39.1 Å². The Morgan fingerprint density at radius 2 is 1.90 bits per heavy atom. The highest BCUT2D eigenvalue weighted by molar-refractivity contribution is 5.93. The summed E-state index contributed by atoms with van der Waals surface area (Å²) in [5, 5.41) is 8.27.